The lowest BCUT2D eigenvalue weighted by atomic mass is 10.2. The lowest BCUT2D eigenvalue weighted by Crippen LogP contribution is -2.27. The van der Waals surface area contributed by atoms with Crippen molar-refractivity contribution in [2.45, 2.75) is 19.8 Å². The minimum absolute atomic E-state index is 0.0362. The average Bonchev–Trinajstić information content (AvgIpc) is 2.43. The molecule has 1 rings (SSSR count). The molecule has 0 aromatic heterocycles. The first-order valence-electron chi connectivity index (χ1n) is 6.85. The molecule has 0 saturated heterocycles. The number of nitrogens with one attached hydrogen (secondary N) is 2. The van der Waals surface area contributed by atoms with Crippen LogP contribution in [0.3, 0.4) is 0 Å². The molecule has 0 fully saturated rings. The highest BCUT2D eigenvalue weighted by atomic mass is 16.2. The van der Waals surface area contributed by atoms with Gasteiger partial charge in [-0.25, -0.2) is 0 Å². The minimum Gasteiger partial charge on any atom is -0.352 e. The van der Waals surface area contributed by atoms with Crippen molar-refractivity contribution in [2.24, 2.45) is 0 Å². The van der Waals surface area contributed by atoms with Gasteiger partial charge in [-0.05, 0) is 51.3 Å². The fourth-order valence-corrected chi connectivity index (χ4v) is 1.65. The van der Waals surface area contributed by atoms with Gasteiger partial charge in [0.05, 0.1) is 0 Å². The van der Waals surface area contributed by atoms with E-state index in [2.05, 4.69) is 15.5 Å². The Balaban J connectivity index is 2.43. The predicted octanol–water partition coefficient (Wildman–Crippen LogP) is 1.72. The largest absolute Gasteiger partial charge is 0.352 e. The van der Waals surface area contributed by atoms with Crippen LogP contribution in [0.2, 0.25) is 0 Å². The number of rotatable bonds is 7. The summed E-state index contributed by atoms with van der Waals surface area (Å²) in [6, 6.07) is 6.91. The smallest absolute Gasteiger partial charge is 0.251 e. The van der Waals surface area contributed by atoms with E-state index in [-0.39, 0.29) is 11.8 Å². The van der Waals surface area contributed by atoms with Crippen LogP contribution in [0.1, 0.15) is 30.1 Å². The number of hydrogen-bond donors (Lipinski definition) is 2. The van der Waals surface area contributed by atoms with E-state index in [1.165, 1.54) is 0 Å². The number of carbonyl (C=O) groups is 2. The summed E-state index contributed by atoms with van der Waals surface area (Å²) >= 11 is 0. The molecule has 0 heterocycles. The van der Waals surface area contributed by atoms with Crippen LogP contribution in [0.15, 0.2) is 24.3 Å². The maximum Gasteiger partial charge on any atom is 0.251 e. The predicted molar refractivity (Wildman–Crippen MR) is 80.9 cm³/mol. The lowest BCUT2D eigenvalue weighted by molar-refractivity contribution is -0.115. The third-order valence-electron chi connectivity index (χ3n) is 2.82. The van der Waals surface area contributed by atoms with E-state index < -0.39 is 0 Å². The molecule has 0 bridgehead atoms. The molecule has 0 aliphatic heterocycles. The number of nitrogens with zero attached hydrogens (tertiary/aromatic N) is 1. The number of amides is 2. The molecule has 1 aromatic rings. The molecule has 1 aromatic carbocycles. The zero-order valence-corrected chi connectivity index (χ0v) is 12.4. The molecule has 2 amide bonds. The third-order valence-corrected chi connectivity index (χ3v) is 2.82. The highest BCUT2D eigenvalue weighted by Gasteiger charge is 2.05. The molecule has 0 aliphatic rings. The SMILES string of the molecule is CCC(=O)Nc1ccc(C(=O)NCCCN(C)C)cc1. The summed E-state index contributed by atoms with van der Waals surface area (Å²) in [5, 5.41) is 5.62. The van der Waals surface area contributed by atoms with Gasteiger partial charge in [0.2, 0.25) is 5.91 Å². The summed E-state index contributed by atoms with van der Waals surface area (Å²) in [5.74, 6) is -0.122. The van der Waals surface area contributed by atoms with Crippen molar-refractivity contribution in [3.63, 3.8) is 0 Å². The van der Waals surface area contributed by atoms with E-state index in [9.17, 15) is 9.59 Å². The Morgan fingerprint density at radius 3 is 2.35 bits per heavy atom. The Bertz CT molecular complexity index is 441. The van der Waals surface area contributed by atoms with Crippen molar-refractivity contribution in [2.75, 3.05) is 32.5 Å². The summed E-state index contributed by atoms with van der Waals surface area (Å²) in [7, 11) is 4.01. The first-order chi connectivity index (χ1) is 9.52. The lowest BCUT2D eigenvalue weighted by Gasteiger charge is -2.10. The van der Waals surface area contributed by atoms with Gasteiger partial charge in [0.1, 0.15) is 0 Å². The Kier molecular flexibility index (Phi) is 6.73. The van der Waals surface area contributed by atoms with Gasteiger partial charge in [0.15, 0.2) is 0 Å². The van der Waals surface area contributed by atoms with E-state index in [0.29, 0.717) is 24.2 Å². The van der Waals surface area contributed by atoms with Gasteiger partial charge in [0.25, 0.3) is 5.91 Å². The van der Waals surface area contributed by atoms with E-state index >= 15 is 0 Å². The molecule has 0 spiro atoms. The summed E-state index contributed by atoms with van der Waals surface area (Å²) in [4.78, 5) is 25.2. The molecule has 0 unspecified atom stereocenters. The second-order valence-electron chi connectivity index (χ2n) is 4.89. The highest BCUT2D eigenvalue weighted by Crippen LogP contribution is 2.09. The van der Waals surface area contributed by atoms with Gasteiger partial charge in [-0.3, -0.25) is 9.59 Å². The Labute approximate surface area is 120 Å². The Morgan fingerprint density at radius 1 is 1.15 bits per heavy atom. The van der Waals surface area contributed by atoms with Crippen molar-refractivity contribution in [3.05, 3.63) is 29.8 Å². The molecule has 20 heavy (non-hydrogen) atoms. The fourth-order valence-electron chi connectivity index (χ4n) is 1.65. The van der Waals surface area contributed by atoms with Crippen LogP contribution in [0, 0.1) is 0 Å². The zero-order chi connectivity index (χ0) is 15.0. The topological polar surface area (TPSA) is 61.4 Å². The van der Waals surface area contributed by atoms with Crippen molar-refractivity contribution in [1.82, 2.24) is 10.2 Å². The van der Waals surface area contributed by atoms with Crippen LogP contribution in [-0.4, -0.2) is 43.9 Å². The maximum absolute atomic E-state index is 11.9. The van der Waals surface area contributed by atoms with Gasteiger partial charge in [-0.15, -0.1) is 0 Å². The molecule has 0 radical (unpaired) electrons. The van der Waals surface area contributed by atoms with Crippen molar-refractivity contribution >= 4 is 17.5 Å². The van der Waals surface area contributed by atoms with E-state index in [1.54, 1.807) is 31.2 Å². The van der Waals surface area contributed by atoms with E-state index in [0.717, 1.165) is 13.0 Å². The number of hydrogen-bond acceptors (Lipinski definition) is 3. The zero-order valence-electron chi connectivity index (χ0n) is 12.4. The van der Waals surface area contributed by atoms with Crippen LogP contribution in [0.5, 0.6) is 0 Å². The molecular formula is C15H23N3O2. The monoisotopic (exact) mass is 277 g/mol. The van der Waals surface area contributed by atoms with Crippen molar-refractivity contribution < 1.29 is 9.59 Å². The van der Waals surface area contributed by atoms with Crippen molar-refractivity contribution in [1.29, 1.82) is 0 Å². The van der Waals surface area contributed by atoms with Crippen LogP contribution in [0.4, 0.5) is 5.69 Å². The first kappa shape index (κ1) is 16.2. The van der Waals surface area contributed by atoms with Gasteiger partial charge in [-0.1, -0.05) is 6.92 Å². The van der Waals surface area contributed by atoms with Gasteiger partial charge < -0.3 is 15.5 Å². The number of benzene rings is 1. The molecule has 5 heteroatoms. The first-order valence-corrected chi connectivity index (χ1v) is 6.85. The molecular weight excluding hydrogens is 254 g/mol. The van der Waals surface area contributed by atoms with Crippen LogP contribution in [-0.2, 0) is 4.79 Å². The molecule has 5 nitrogen and oxygen atoms in total. The van der Waals surface area contributed by atoms with E-state index in [4.69, 9.17) is 0 Å². The van der Waals surface area contributed by atoms with Crippen molar-refractivity contribution in [3.8, 4) is 0 Å². The number of anilines is 1. The summed E-state index contributed by atoms with van der Waals surface area (Å²) in [6.07, 6.45) is 1.36. The van der Waals surface area contributed by atoms with Gasteiger partial charge in [0, 0.05) is 24.2 Å². The minimum atomic E-state index is -0.0860. The van der Waals surface area contributed by atoms with Gasteiger partial charge in [-0.2, -0.15) is 0 Å². The maximum atomic E-state index is 11.9. The Morgan fingerprint density at radius 2 is 1.80 bits per heavy atom. The molecule has 0 aliphatic carbocycles. The summed E-state index contributed by atoms with van der Waals surface area (Å²) < 4.78 is 0. The number of carbonyl (C=O) groups excluding carboxylic acids is 2. The normalized spacial score (nSPS) is 10.4. The fraction of sp³-hybridized carbons (Fsp3) is 0.467. The highest BCUT2D eigenvalue weighted by molar-refractivity contribution is 5.95. The van der Waals surface area contributed by atoms with Gasteiger partial charge >= 0.3 is 0 Å². The average molecular weight is 277 g/mol. The standard InChI is InChI=1S/C15H23N3O2/c1-4-14(19)17-13-8-6-12(7-9-13)15(20)16-10-5-11-18(2)3/h6-9H,4-5,10-11H2,1-3H3,(H,16,20)(H,17,19). The van der Waals surface area contributed by atoms with Crippen LogP contribution in [0.25, 0.3) is 0 Å². The summed E-state index contributed by atoms with van der Waals surface area (Å²) in [6.45, 7) is 3.40. The van der Waals surface area contributed by atoms with E-state index in [1.807, 2.05) is 14.1 Å². The molecule has 0 atom stereocenters. The molecule has 0 saturated carbocycles. The third kappa shape index (κ3) is 5.84. The quantitative estimate of drug-likeness (QED) is 0.746. The second kappa shape index (κ2) is 8.32. The summed E-state index contributed by atoms with van der Waals surface area (Å²) in [5.41, 5.74) is 1.31. The van der Waals surface area contributed by atoms with Crippen LogP contribution < -0.4 is 10.6 Å². The van der Waals surface area contributed by atoms with Crippen LogP contribution >= 0.6 is 0 Å². The molecule has 2 N–H and O–H groups in total. The second-order valence-corrected chi connectivity index (χ2v) is 4.89. The molecule has 110 valence electrons. The Hall–Kier alpha value is -1.88.